The van der Waals surface area contributed by atoms with Gasteiger partial charge in [-0.25, -0.2) is 0 Å². The highest BCUT2D eigenvalue weighted by atomic mass is 32.2. The van der Waals surface area contributed by atoms with Crippen LogP contribution in [0.15, 0.2) is 29.2 Å². The summed E-state index contributed by atoms with van der Waals surface area (Å²) >= 11 is 2.00. The van der Waals surface area contributed by atoms with Crippen LogP contribution in [0.25, 0.3) is 0 Å². The van der Waals surface area contributed by atoms with Crippen LogP contribution in [-0.4, -0.2) is 31.9 Å². The number of piperidine rings is 1. The summed E-state index contributed by atoms with van der Waals surface area (Å²) in [6.07, 6.45) is 2.68. The molecule has 0 spiro atoms. The van der Waals surface area contributed by atoms with Crippen molar-refractivity contribution in [2.45, 2.75) is 17.7 Å². The molecule has 2 nitrogen and oxygen atoms in total. The van der Waals surface area contributed by atoms with Crippen LogP contribution in [0.4, 0.5) is 5.69 Å². The second kappa shape index (κ2) is 5.32. The molecule has 17 heavy (non-hydrogen) atoms. The Kier molecular flexibility index (Phi) is 3.57. The fourth-order valence-electron chi connectivity index (χ4n) is 2.79. The van der Waals surface area contributed by atoms with Gasteiger partial charge in [0.2, 0.25) is 0 Å². The van der Waals surface area contributed by atoms with Crippen molar-refractivity contribution in [2.75, 3.05) is 36.8 Å². The Labute approximate surface area is 108 Å². The maximum atomic E-state index is 3.45. The summed E-state index contributed by atoms with van der Waals surface area (Å²) in [5.41, 5.74) is 1.46. The van der Waals surface area contributed by atoms with Crippen LogP contribution in [0.3, 0.4) is 0 Å². The van der Waals surface area contributed by atoms with Gasteiger partial charge in [-0.15, -0.1) is 11.8 Å². The van der Waals surface area contributed by atoms with Crippen molar-refractivity contribution in [1.29, 1.82) is 0 Å². The number of nitrogens with zero attached hydrogens (tertiary/aromatic N) is 1. The van der Waals surface area contributed by atoms with Gasteiger partial charge in [0.1, 0.15) is 0 Å². The molecule has 0 unspecified atom stereocenters. The number of fused-ring (bicyclic) bond motifs is 1. The Morgan fingerprint density at radius 3 is 2.94 bits per heavy atom. The molecular weight excluding hydrogens is 228 g/mol. The lowest BCUT2D eigenvalue weighted by atomic mass is 9.97. The average Bonchev–Trinajstić information content (AvgIpc) is 2.40. The van der Waals surface area contributed by atoms with Crippen molar-refractivity contribution in [1.82, 2.24) is 5.32 Å². The van der Waals surface area contributed by atoms with Gasteiger partial charge >= 0.3 is 0 Å². The van der Waals surface area contributed by atoms with Crippen LogP contribution in [-0.2, 0) is 0 Å². The molecule has 0 bridgehead atoms. The first kappa shape index (κ1) is 11.4. The minimum absolute atomic E-state index is 0.882. The van der Waals surface area contributed by atoms with E-state index in [1.54, 1.807) is 0 Å². The summed E-state index contributed by atoms with van der Waals surface area (Å²) < 4.78 is 0. The zero-order valence-electron chi connectivity index (χ0n) is 10.2. The van der Waals surface area contributed by atoms with E-state index >= 15 is 0 Å². The first-order valence-electron chi connectivity index (χ1n) is 6.61. The second-order valence-electron chi connectivity index (χ2n) is 4.96. The number of hydrogen-bond acceptors (Lipinski definition) is 3. The molecule has 1 fully saturated rings. The standard InChI is InChI=1S/C14H20N2S/c1-2-4-14-13(3-1)16(9-10-17-14)11-12-5-7-15-8-6-12/h1-4,12,15H,5-11H2. The van der Waals surface area contributed by atoms with E-state index < -0.39 is 0 Å². The summed E-state index contributed by atoms with van der Waals surface area (Å²) in [7, 11) is 0. The molecule has 1 N–H and O–H groups in total. The summed E-state index contributed by atoms with van der Waals surface area (Å²) in [5.74, 6) is 2.12. The van der Waals surface area contributed by atoms with Crippen LogP contribution < -0.4 is 10.2 Å². The normalized spacial score (nSPS) is 21.3. The van der Waals surface area contributed by atoms with Gasteiger partial charge in [0.05, 0.1) is 5.69 Å². The third-order valence-electron chi connectivity index (χ3n) is 3.76. The molecule has 2 heterocycles. The van der Waals surface area contributed by atoms with Gasteiger partial charge < -0.3 is 10.2 Å². The fourth-order valence-corrected chi connectivity index (χ4v) is 3.84. The first-order chi connectivity index (χ1) is 8.43. The molecule has 0 radical (unpaired) electrons. The Hall–Kier alpha value is -0.670. The molecule has 3 rings (SSSR count). The van der Waals surface area contributed by atoms with Crippen molar-refractivity contribution in [3.63, 3.8) is 0 Å². The van der Waals surface area contributed by atoms with E-state index in [0.29, 0.717) is 0 Å². The van der Waals surface area contributed by atoms with Crippen molar-refractivity contribution < 1.29 is 0 Å². The molecule has 1 saturated heterocycles. The van der Waals surface area contributed by atoms with Crippen molar-refractivity contribution in [3.05, 3.63) is 24.3 Å². The molecule has 1 aromatic carbocycles. The van der Waals surface area contributed by atoms with E-state index in [9.17, 15) is 0 Å². The Morgan fingerprint density at radius 2 is 2.06 bits per heavy atom. The van der Waals surface area contributed by atoms with E-state index in [-0.39, 0.29) is 0 Å². The van der Waals surface area contributed by atoms with Gasteiger partial charge in [-0.3, -0.25) is 0 Å². The molecular formula is C14H20N2S. The van der Waals surface area contributed by atoms with Gasteiger partial charge in [-0.2, -0.15) is 0 Å². The lowest BCUT2D eigenvalue weighted by Crippen LogP contribution is -2.38. The molecule has 0 amide bonds. The smallest absolute Gasteiger partial charge is 0.0504 e. The quantitative estimate of drug-likeness (QED) is 0.866. The topological polar surface area (TPSA) is 15.3 Å². The molecule has 2 aliphatic rings. The first-order valence-corrected chi connectivity index (χ1v) is 7.59. The van der Waals surface area contributed by atoms with Crippen LogP contribution in [0.5, 0.6) is 0 Å². The highest BCUT2D eigenvalue weighted by Crippen LogP contribution is 2.35. The summed E-state index contributed by atoms with van der Waals surface area (Å²) in [4.78, 5) is 4.06. The predicted octanol–water partition coefficient (Wildman–Crippen LogP) is 2.60. The maximum absolute atomic E-state index is 3.45. The van der Waals surface area contributed by atoms with Crippen LogP contribution in [0.2, 0.25) is 0 Å². The lowest BCUT2D eigenvalue weighted by molar-refractivity contribution is 0.374. The van der Waals surface area contributed by atoms with E-state index in [1.807, 2.05) is 11.8 Å². The van der Waals surface area contributed by atoms with Crippen LogP contribution in [0, 0.1) is 5.92 Å². The monoisotopic (exact) mass is 248 g/mol. The Balaban J connectivity index is 1.71. The fraction of sp³-hybridized carbons (Fsp3) is 0.571. The highest BCUT2D eigenvalue weighted by molar-refractivity contribution is 7.99. The molecule has 0 saturated carbocycles. The number of hydrogen-bond donors (Lipinski definition) is 1. The second-order valence-corrected chi connectivity index (χ2v) is 6.09. The Bertz CT molecular complexity index is 374. The predicted molar refractivity (Wildman–Crippen MR) is 75.0 cm³/mol. The molecule has 3 heteroatoms. The molecule has 0 atom stereocenters. The number of para-hydroxylation sites is 1. The van der Waals surface area contributed by atoms with Crippen LogP contribution in [0.1, 0.15) is 12.8 Å². The van der Waals surface area contributed by atoms with Gasteiger partial charge in [-0.05, 0) is 44.0 Å². The Morgan fingerprint density at radius 1 is 1.24 bits per heavy atom. The maximum Gasteiger partial charge on any atom is 0.0504 e. The molecule has 2 aliphatic heterocycles. The molecule has 92 valence electrons. The largest absolute Gasteiger partial charge is 0.370 e. The number of thioether (sulfide) groups is 1. The minimum Gasteiger partial charge on any atom is -0.370 e. The zero-order valence-corrected chi connectivity index (χ0v) is 11.0. The lowest BCUT2D eigenvalue weighted by Gasteiger charge is -2.35. The van der Waals surface area contributed by atoms with E-state index in [0.717, 1.165) is 5.92 Å². The number of rotatable bonds is 2. The van der Waals surface area contributed by atoms with Gasteiger partial charge in [-0.1, -0.05) is 12.1 Å². The number of benzene rings is 1. The molecule has 0 aromatic heterocycles. The van der Waals surface area contributed by atoms with Crippen LogP contribution >= 0.6 is 11.8 Å². The van der Waals surface area contributed by atoms with Gasteiger partial charge in [0, 0.05) is 23.7 Å². The van der Waals surface area contributed by atoms with Gasteiger partial charge in [0.15, 0.2) is 0 Å². The van der Waals surface area contributed by atoms with Crippen molar-refractivity contribution in [3.8, 4) is 0 Å². The van der Waals surface area contributed by atoms with E-state index in [1.165, 1.54) is 55.4 Å². The zero-order chi connectivity index (χ0) is 11.5. The van der Waals surface area contributed by atoms with Crippen molar-refractivity contribution in [2.24, 2.45) is 5.92 Å². The highest BCUT2D eigenvalue weighted by Gasteiger charge is 2.21. The van der Waals surface area contributed by atoms with Crippen molar-refractivity contribution >= 4 is 17.4 Å². The summed E-state index contributed by atoms with van der Waals surface area (Å²) in [6.45, 7) is 4.87. The van der Waals surface area contributed by atoms with Gasteiger partial charge in [0.25, 0.3) is 0 Å². The molecule has 1 aromatic rings. The average molecular weight is 248 g/mol. The molecule has 0 aliphatic carbocycles. The third kappa shape index (κ3) is 2.61. The number of nitrogens with one attached hydrogen (secondary N) is 1. The van der Waals surface area contributed by atoms with E-state index in [4.69, 9.17) is 0 Å². The number of anilines is 1. The minimum atomic E-state index is 0.882. The SMILES string of the molecule is c1ccc2c(c1)SCCN2CC1CCNCC1. The summed E-state index contributed by atoms with van der Waals surface area (Å²) in [6, 6.07) is 8.86. The third-order valence-corrected chi connectivity index (χ3v) is 4.80. The summed E-state index contributed by atoms with van der Waals surface area (Å²) in [5, 5.41) is 3.45. The van der Waals surface area contributed by atoms with E-state index in [2.05, 4.69) is 34.5 Å².